The lowest BCUT2D eigenvalue weighted by Gasteiger charge is -2.12. The van der Waals surface area contributed by atoms with Crippen molar-refractivity contribution in [3.63, 3.8) is 0 Å². The van der Waals surface area contributed by atoms with Crippen molar-refractivity contribution in [1.29, 1.82) is 0 Å². The van der Waals surface area contributed by atoms with Gasteiger partial charge in [-0.15, -0.1) is 0 Å². The predicted molar refractivity (Wildman–Crippen MR) is 106 cm³/mol. The van der Waals surface area contributed by atoms with E-state index in [2.05, 4.69) is 4.74 Å². The Hall–Kier alpha value is -3.03. The molecule has 8 heteroatoms. The van der Waals surface area contributed by atoms with Gasteiger partial charge in [-0.2, -0.15) is 0 Å². The molecule has 160 valence electrons. The first-order chi connectivity index (χ1) is 13.9. The topological polar surface area (TPSA) is 108 Å². The van der Waals surface area contributed by atoms with Gasteiger partial charge in [-0.1, -0.05) is 0 Å². The number of benzene rings is 1. The Kier molecular flexibility index (Phi) is 11.6. The molecule has 0 unspecified atom stereocenters. The van der Waals surface area contributed by atoms with Gasteiger partial charge in [0.15, 0.2) is 0 Å². The number of rotatable bonds is 14. The van der Waals surface area contributed by atoms with E-state index in [1.165, 1.54) is 20.1 Å². The van der Waals surface area contributed by atoms with Gasteiger partial charge >= 0.3 is 17.9 Å². The maximum Gasteiger partial charge on any atom is 0.330 e. The summed E-state index contributed by atoms with van der Waals surface area (Å²) in [5.74, 6) is -0.537. The van der Waals surface area contributed by atoms with Crippen LogP contribution in [0.4, 0.5) is 0 Å². The number of hydrogen-bond acceptors (Lipinski definition) is 7. The van der Waals surface area contributed by atoms with Crippen LogP contribution >= 0.6 is 0 Å². The molecular weight excluding hydrogens is 380 g/mol. The second kappa shape index (κ2) is 14.0. The van der Waals surface area contributed by atoms with Crippen LogP contribution in [-0.4, -0.2) is 49.9 Å². The first-order valence-corrected chi connectivity index (χ1v) is 9.43. The van der Waals surface area contributed by atoms with Gasteiger partial charge in [-0.05, 0) is 43.9 Å². The molecule has 0 bridgehead atoms. The minimum atomic E-state index is -0.866. The molecule has 0 saturated heterocycles. The van der Waals surface area contributed by atoms with E-state index >= 15 is 0 Å². The Bertz CT molecular complexity index is 696. The van der Waals surface area contributed by atoms with Crippen molar-refractivity contribution < 1.29 is 38.4 Å². The largest absolute Gasteiger partial charge is 0.493 e. The van der Waals surface area contributed by atoms with Crippen LogP contribution in [-0.2, 0) is 23.9 Å². The van der Waals surface area contributed by atoms with Gasteiger partial charge in [0.2, 0.25) is 0 Å². The van der Waals surface area contributed by atoms with Crippen LogP contribution < -0.4 is 9.47 Å². The minimum absolute atomic E-state index is 0.0383. The van der Waals surface area contributed by atoms with Crippen LogP contribution in [0.25, 0.3) is 6.08 Å². The van der Waals surface area contributed by atoms with Gasteiger partial charge in [-0.3, -0.25) is 9.59 Å². The molecule has 0 aliphatic carbocycles. The average Bonchev–Trinajstić information content (AvgIpc) is 2.69. The van der Waals surface area contributed by atoms with Crippen molar-refractivity contribution in [2.45, 2.75) is 39.0 Å². The maximum absolute atomic E-state index is 11.3. The Balaban J connectivity index is 2.63. The van der Waals surface area contributed by atoms with Crippen LogP contribution in [0.15, 0.2) is 24.3 Å². The van der Waals surface area contributed by atoms with Gasteiger partial charge in [-0.25, -0.2) is 4.79 Å². The summed E-state index contributed by atoms with van der Waals surface area (Å²) in [5.41, 5.74) is 0.688. The number of esters is 2. The highest BCUT2D eigenvalue weighted by Crippen LogP contribution is 2.27. The number of carbonyl (C=O) groups is 3. The lowest BCUT2D eigenvalue weighted by molar-refractivity contribution is -0.141. The fraction of sp³-hybridized carbons (Fsp3) is 0.476. The summed E-state index contributed by atoms with van der Waals surface area (Å²) in [5, 5.41) is 8.67. The molecule has 29 heavy (non-hydrogen) atoms. The smallest absolute Gasteiger partial charge is 0.330 e. The molecular formula is C21H28O8. The van der Waals surface area contributed by atoms with Crippen LogP contribution in [0, 0.1) is 0 Å². The molecule has 1 N–H and O–H groups in total. The molecule has 0 radical (unpaired) electrons. The zero-order chi connectivity index (χ0) is 21.5. The Morgan fingerprint density at radius 1 is 1.00 bits per heavy atom. The molecule has 0 spiro atoms. The van der Waals surface area contributed by atoms with E-state index in [9.17, 15) is 14.4 Å². The fourth-order valence-corrected chi connectivity index (χ4v) is 2.29. The van der Waals surface area contributed by atoms with E-state index < -0.39 is 11.9 Å². The first-order valence-electron chi connectivity index (χ1n) is 9.43. The van der Waals surface area contributed by atoms with Crippen molar-refractivity contribution >= 4 is 24.0 Å². The maximum atomic E-state index is 11.3. The summed E-state index contributed by atoms with van der Waals surface area (Å²) in [6.45, 7) is 2.49. The first kappa shape index (κ1) is 24.0. The highest BCUT2D eigenvalue weighted by Gasteiger charge is 2.06. The standard InChI is InChI=1S/C21H28O8/c1-16(22)27-12-4-3-5-13-29-19-15-18(28-14-6-7-20(23)24)10-8-17(19)9-11-21(25)26-2/h8-11,15H,3-7,12-14H2,1-2H3,(H,23,24)/b11-9+. The van der Waals surface area contributed by atoms with Crippen LogP contribution in [0.3, 0.4) is 0 Å². The second-order valence-corrected chi connectivity index (χ2v) is 6.15. The van der Waals surface area contributed by atoms with Crippen molar-refractivity contribution in [3.05, 3.63) is 29.8 Å². The third-order valence-electron chi connectivity index (χ3n) is 3.74. The fourth-order valence-electron chi connectivity index (χ4n) is 2.29. The third-order valence-corrected chi connectivity index (χ3v) is 3.74. The number of aliphatic carboxylic acids is 1. The lowest BCUT2D eigenvalue weighted by atomic mass is 10.1. The van der Waals surface area contributed by atoms with Gasteiger partial charge in [0.05, 0.1) is 26.9 Å². The summed E-state index contributed by atoms with van der Waals surface area (Å²) in [4.78, 5) is 32.6. The second-order valence-electron chi connectivity index (χ2n) is 6.15. The predicted octanol–water partition coefficient (Wildman–Crippen LogP) is 3.23. The van der Waals surface area contributed by atoms with Gasteiger partial charge in [0.1, 0.15) is 11.5 Å². The molecule has 0 fully saturated rings. The van der Waals surface area contributed by atoms with Crippen molar-refractivity contribution in [2.75, 3.05) is 26.9 Å². The summed E-state index contributed by atoms with van der Waals surface area (Å²) in [6, 6.07) is 5.18. The molecule has 0 amide bonds. The molecule has 0 saturated carbocycles. The monoisotopic (exact) mass is 408 g/mol. The number of carboxylic acids is 1. The molecule has 8 nitrogen and oxygen atoms in total. The average molecular weight is 408 g/mol. The summed E-state index contributed by atoms with van der Waals surface area (Å²) in [6.07, 6.45) is 5.70. The molecule has 0 aliphatic heterocycles. The Labute approximate surface area is 170 Å². The van der Waals surface area contributed by atoms with E-state index in [1.54, 1.807) is 24.3 Å². The zero-order valence-corrected chi connectivity index (χ0v) is 16.8. The molecule has 0 atom stereocenters. The lowest BCUT2D eigenvalue weighted by Crippen LogP contribution is -2.04. The van der Waals surface area contributed by atoms with E-state index in [4.69, 9.17) is 19.3 Å². The van der Waals surface area contributed by atoms with Gasteiger partial charge < -0.3 is 24.1 Å². The van der Waals surface area contributed by atoms with Crippen LogP contribution in [0.1, 0.15) is 44.6 Å². The van der Waals surface area contributed by atoms with Crippen LogP contribution in [0.2, 0.25) is 0 Å². The van der Waals surface area contributed by atoms with E-state index in [0.717, 1.165) is 19.3 Å². The van der Waals surface area contributed by atoms with Gasteiger partial charge in [0.25, 0.3) is 0 Å². The molecule has 1 aromatic carbocycles. The molecule has 0 aromatic heterocycles. The normalized spacial score (nSPS) is 10.6. The highest BCUT2D eigenvalue weighted by molar-refractivity contribution is 5.87. The SMILES string of the molecule is COC(=O)/C=C/c1ccc(OCCCC(=O)O)cc1OCCCCCOC(C)=O. The molecule has 1 rings (SSSR count). The van der Waals surface area contributed by atoms with Crippen LogP contribution in [0.5, 0.6) is 11.5 Å². The number of ether oxygens (including phenoxy) is 4. The van der Waals surface area contributed by atoms with E-state index in [-0.39, 0.29) is 19.0 Å². The molecule has 1 aromatic rings. The quantitative estimate of drug-likeness (QED) is 0.284. The van der Waals surface area contributed by atoms with E-state index in [0.29, 0.717) is 36.7 Å². The van der Waals surface area contributed by atoms with Crippen molar-refractivity contribution in [2.24, 2.45) is 0 Å². The number of methoxy groups -OCH3 is 1. The molecule has 0 heterocycles. The number of carboxylic acid groups (broad SMARTS) is 1. The highest BCUT2D eigenvalue weighted by atomic mass is 16.5. The zero-order valence-electron chi connectivity index (χ0n) is 16.8. The molecule has 0 aliphatic rings. The van der Waals surface area contributed by atoms with Crippen molar-refractivity contribution in [3.8, 4) is 11.5 Å². The van der Waals surface area contributed by atoms with Crippen molar-refractivity contribution in [1.82, 2.24) is 0 Å². The summed E-state index contributed by atoms with van der Waals surface area (Å²) in [7, 11) is 1.30. The third kappa shape index (κ3) is 11.4. The Morgan fingerprint density at radius 3 is 2.41 bits per heavy atom. The Morgan fingerprint density at radius 2 is 1.72 bits per heavy atom. The summed E-state index contributed by atoms with van der Waals surface area (Å²) < 4.78 is 20.9. The van der Waals surface area contributed by atoms with E-state index in [1.807, 2.05) is 0 Å². The number of unbranched alkanes of at least 4 members (excludes halogenated alkanes) is 2. The minimum Gasteiger partial charge on any atom is -0.493 e. The summed E-state index contributed by atoms with van der Waals surface area (Å²) >= 11 is 0. The number of hydrogen-bond donors (Lipinski definition) is 1. The number of carbonyl (C=O) groups excluding carboxylic acids is 2. The van der Waals surface area contributed by atoms with Gasteiger partial charge in [0, 0.05) is 31.1 Å².